The Hall–Kier alpha value is -3.53. The predicted octanol–water partition coefficient (Wildman–Crippen LogP) is 4.15. The maximum atomic E-state index is 10.9. The summed E-state index contributed by atoms with van der Waals surface area (Å²) in [6.45, 7) is 12.1. The molecule has 0 aliphatic carbocycles. The molecule has 1 saturated heterocycles. The van der Waals surface area contributed by atoms with E-state index in [1.165, 1.54) is 0 Å². The molecule has 11 nitrogen and oxygen atoms in total. The quantitative estimate of drug-likeness (QED) is 0.284. The molecule has 4 heterocycles. The Morgan fingerprint density at radius 3 is 2.52 bits per heavy atom. The molecule has 248 valence electrons. The molecule has 0 unspecified atom stereocenters. The number of fused-ring (bicyclic) bond motifs is 9. The third-order valence-corrected chi connectivity index (χ3v) is 9.93. The van der Waals surface area contributed by atoms with E-state index in [1.807, 2.05) is 27.7 Å². The van der Waals surface area contributed by atoms with Crippen LogP contribution in [-0.2, 0) is 22.3 Å². The van der Waals surface area contributed by atoms with Crippen molar-refractivity contribution in [1.82, 2.24) is 9.80 Å². The Bertz CT molecular complexity index is 1550. The minimum atomic E-state index is -0.802. The number of nitrogens with zero attached hydrogens (tertiary/aromatic N) is 3. The lowest BCUT2D eigenvalue weighted by Crippen LogP contribution is -2.68. The molecular weight excluding hydrogens is 590 g/mol. The number of aliphatic hydroxyl groups is 1. The van der Waals surface area contributed by atoms with Gasteiger partial charge in [-0.3, -0.25) is 9.80 Å². The molecule has 0 radical (unpaired) electrons. The van der Waals surface area contributed by atoms with E-state index in [9.17, 15) is 10.4 Å². The predicted molar refractivity (Wildman–Crippen MR) is 170 cm³/mol. The van der Waals surface area contributed by atoms with Gasteiger partial charge in [0.2, 0.25) is 6.79 Å². The molecule has 0 aromatic heterocycles. The van der Waals surface area contributed by atoms with Crippen molar-refractivity contribution in [1.29, 1.82) is 5.26 Å². The number of rotatable bonds is 11. The SMILES string of the molecule is C=CCOc1c(C)c2c(c3c1C[C@H]1[C@@H]4c5c(cc(C)c(OC)c5OCOC)C[C@H]([C@H](C#N)N1[C@H]3COC(C)(C)CO)N4C)OCO2. The lowest BCUT2D eigenvalue weighted by atomic mass is 9.71. The molecule has 6 rings (SSSR count). The molecular formula is C35H45N3O8. The number of benzene rings is 2. The molecule has 11 heteroatoms. The van der Waals surface area contributed by atoms with Gasteiger partial charge in [0, 0.05) is 41.4 Å². The molecule has 2 bridgehead atoms. The first-order valence-corrected chi connectivity index (χ1v) is 15.8. The van der Waals surface area contributed by atoms with Crippen LogP contribution in [0.5, 0.6) is 28.7 Å². The summed E-state index contributed by atoms with van der Waals surface area (Å²) in [4.78, 5) is 4.64. The molecule has 1 fully saturated rings. The highest BCUT2D eigenvalue weighted by Gasteiger charge is 2.57. The molecule has 4 aliphatic rings. The number of piperazine rings is 1. The van der Waals surface area contributed by atoms with Crippen LogP contribution in [0.4, 0.5) is 0 Å². The van der Waals surface area contributed by atoms with Gasteiger partial charge in [-0.15, -0.1) is 0 Å². The lowest BCUT2D eigenvalue weighted by Gasteiger charge is -2.60. The second kappa shape index (κ2) is 12.6. The van der Waals surface area contributed by atoms with Crippen LogP contribution in [0.25, 0.3) is 0 Å². The Balaban J connectivity index is 1.61. The number of hydrogen-bond acceptors (Lipinski definition) is 11. The minimum Gasteiger partial charge on any atom is -0.493 e. The van der Waals surface area contributed by atoms with Crippen LogP contribution in [0.1, 0.15) is 59.3 Å². The second-order valence-corrected chi connectivity index (χ2v) is 13.1. The third-order valence-electron chi connectivity index (χ3n) is 9.93. The summed E-state index contributed by atoms with van der Waals surface area (Å²) in [6.07, 6.45) is 2.95. The van der Waals surface area contributed by atoms with Gasteiger partial charge in [-0.05, 0) is 58.7 Å². The topological polar surface area (TPSA) is 115 Å². The van der Waals surface area contributed by atoms with Crippen molar-refractivity contribution in [3.63, 3.8) is 0 Å². The highest BCUT2D eigenvalue weighted by Crippen LogP contribution is 2.58. The van der Waals surface area contributed by atoms with Gasteiger partial charge < -0.3 is 38.3 Å². The van der Waals surface area contributed by atoms with Crippen LogP contribution >= 0.6 is 0 Å². The first-order valence-electron chi connectivity index (χ1n) is 15.8. The molecule has 0 spiro atoms. The summed E-state index contributed by atoms with van der Waals surface area (Å²) in [5.41, 5.74) is 5.11. The second-order valence-electron chi connectivity index (χ2n) is 13.1. The van der Waals surface area contributed by atoms with Crippen molar-refractivity contribution >= 4 is 0 Å². The van der Waals surface area contributed by atoms with E-state index in [2.05, 4.69) is 35.6 Å². The Labute approximate surface area is 271 Å². The number of aryl methyl sites for hydroxylation is 1. The molecule has 0 saturated carbocycles. The molecule has 4 aliphatic heterocycles. The average molecular weight is 636 g/mol. The fraction of sp³-hybridized carbons (Fsp3) is 0.571. The Kier molecular flexibility index (Phi) is 8.87. The van der Waals surface area contributed by atoms with E-state index < -0.39 is 17.7 Å². The van der Waals surface area contributed by atoms with Crippen LogP contribution in [-0.4, -0.2) is 93.3 Å². The van der Waals surface area contributed by atoms with Crippen LogP contribution in [0.3, 0.4) is 0 Å². The lowest BCUT2D eigenvalue weighted by molar-refractivity contribution is -0.119. The monoisotopic (exact) mass is 635 g/mol. The summed E-state index contributed by atoms with van der Waals surface area (Å²) >= 11 is 0. The van der Waals surface area contributed by atoms with E-state index in [0.717, 1.165) is 39.1 Å². The fourth-order valence-electron chi connectivity index (χ4n) is 7.92. The van der Waals surface area contributed by atoms with Gasteiger partial charge in [0.15, 0.2) is 29.8 Å². The Morgan fingerprint density at radius 2 is 1.85 bits per heavy atom. The zero-order valence-corrected chi connectivity index (χ0v) is 27.8. The molecule has 5 atom stereocenters. The van der Waals surface area contributed by atoms with Gasteiger partial charge in [0.05, 0.1) is 44.1 Å². The first-order chi connectivity index (χ1) is 22.1. The van der Waals surface area contributed by atoms with Gasteiger partial charge in [-0.2, -0.15) is 5.26 Å². The number of likely N-dealkylation sites (N-methyl/N-ethyl adjacent to an activating group) is 1. The largest absolute Gasteiger partial charge is 0.493 e. The van der Waals surface area contributed by atoms with Crippen LogP contribution in [0.2, 0.25) is 0 Å². The zero-order valence-electron chi connectivity index (χ0n) is 27.8. The van der Waals surface area contributed by atoms with E-state index in [-0.39, 0.29) is 44.9 Å². The van der Waals surface area contributed by atoms with Crippen molar-refractivity contribution in [3.05, 3.63) is 52.1 Å². The maximum absolute atomic E-state index is 10.9. The highest BCUT2D eigenvalue weighted by molar-refractivity contribution is 5.66. The molecule has 0 amide bonds. The zero-order chi connectivity index (χ0) is 32.9. The summed E-state index contributed by atoms with van der Waals surface area (Å²) < 4.78 is 42.6. The number of methoxy groups -OCH3 is 2. The van der Waals surface area contributed by atoms with Gasteiger partial charge in [0.1, 0.15) is 18.4 Å². The van der Waals surface area contributed by atoms with Crippen molar-refractivity contribution in [2.24, 2.45) is 0 Å². The number of aliphatic hydroxyl groups excluding tert-OH is 1. The van der Waals surface area contributed by atoms with E-state index >= 15 is 0 Å². The van der Waals surface area contributed by atoms with Crippen LogP contribution < -0.4 is 23.7 Å². The van der Waals surface area contributed by atoms with Crippen LogP contribution in [0.15, 0.2) is 18.7 Å². The van der Waals surface area contributed by atoms with Gasteiger partial charge >= 0.3 is 0 Å². The number of nitriles is 1. The molecule has 2 aromatic carbocycles. The average Bonchev–Trinajstić information content (AvgIpc) is 3.53. The van der Waals surface area contributed by atoms with Crippen molar-refractivity contribution in [3.8, 4) is 34.8 Å². The standard InChI is InChI=1S/C35H45N3O8/c1-9-10-42-31-20(3)32-34(45-18-44-32)28-22(31)13-24-29-27-21(11-19(2)30(41-8)33(27)43-17-40-7)12-23(37(29)6)25(14-36)38(24)26(28)15-46-35(4,5)16-39/h9,11,23-26,29,39H,1,10,12-13,15-18H2,2-8H3/t23-,24+,25+,26+,29-/m1/s1. The number of ether oxygens (including phenoxy) is 7. The summed E-state index contributed by atoms with van der Waals surface area (Å²) in [7, 11) is 5.36. The van der Waals surface area contributed by atoms with Crippen molar-refractivity contribution in [2.45, 2.75) is 76.3 Å². The summed E-state index contributed by atoms with van der Waals surface area (Å²) in [5.74, 6) is 3.37. The maximum Gasteiger partial charge on any atom is 0.231 e. The molecule has 1 N–H and O–H groups in total. The first kappa shape index (κ1) is 32.4. The fourth-order valence-corrected chi connectivity index (χ4v) is 7.92. The summed E-state index contributed by atoms with van der Waals surface area (Å²) in [5, 5.41) is 21.0. The van der Waals surface area contributed by atoms with E-state index in [4.69, 9.17) is 33.2 Å². The smallest absolute Gasteiger partial charge is 0.231 e. The van der Waals surface area contributed by atoms with Gasteiger partial charge in [0.25, 0.3) is 0 Å². The Morgan fingerprint density at radius 1 is 1.09 bits per heavy atom. The van der Waals surface area contributed by atoms with Crippen molar-refractivity contribution in [2.75, 3.05) is 54.7 Å². The molecule has 46 heavy (non-hydrogen) atoms. The van der Waals surface area contributed by atoms with Crippen LogP contribution in [0, 0.1) is 25.2 Å². The van der Waals surface area contributed by atoms with Gasteiger partial charge in [-0.25, -0.2) is 0 Å². The van der Waals surface area contributed by atoms with E-state index in [1.54, 1.807) is 20.3 Å². The third kappa shape index (κ3) is 5.07. The van der Waals surface area contributed by atoms with E-state index in [0.29, 0.717) is 42.4 Å². The van der Waals surface area contributed by atoms with Crippen molar-refractivity contribution < 1.29 is 38.3 Å². The number of hydrogen-bond donors (Lipinski definition) is 1. The summed E-state index contributed by atoms with van der Waals surface area (Å²) in [6, 6.07) is 3.53. The normalized spacial score (nSPS) is 24.8. The van der Waals surface area contributed by atoms with Gasteiger partial charge in [-0.1, -0.05) is 18.7 Å². The highest BCUT2D eigenvalue weighted by atomic mass is 16.7. The molecule has 2 aromatic rings. The minimum absolute atomic E-state index is 0.0685.